The molecular formula is C14H15N3O. The van der Waals surface area contributed by atoms with E-state index in [1.54, 1.807) is 11.8 Å². The molecule has 0 aliphatic rings. The fourth-order valence-corrected chi connectivity index (χ4v) is 1.96. The first-order chi connectivity index (χ1) is 8.61. The molecule has 1 unspecified atom stereocenters. The number of fused-ring (bicyclic) bond motifs is 1. The van der Waals surface area contributed by atoms with Gasteiger partial charge in [0, 0.05) is 19.0 Å². The molecule has 0 saturated carbocycles. The van der Waals surface area contributed by atoms with E-state index >= 15 is 0 Å². The Kier molecular flexibility index (Phi) is 3.45. The van der Waals surface area contributed by atoms with Crippen molar-refractivity contribution >= 4 is 16.7 Å². The van der Waals surface area contributed by atoms with E-state index in [4.69, 9.17) is 0 Å². The number of rotatable bonds is 3. The molecule has 1 heterocycles. The van der Waals surface area contributed by atoms with Gasteiger partial charge in [0.1, 0.15) is 11.9 Å². The minimum atomic E-state index is -0.463. The van der Waals surface area contributed by atoms with Crippen LogP contribution >= 0.6 is 0 Å². The van der Waals surface area contributed by atoms with Crippen LogP contribution < -0.4 is 4.90 Å². The first-order valence-electron chi connectivity index (χ1n) is 5.81. The highest BCUT2D eigenvalue weighted by Gasteiger charge is 2.12. The number of nitriles is 1. The van der Waals surface area contributed by atoms with Gasteiger partial charge in [0.05, 0.1) is 17.2 Å². The third-order valence-corrected chi connectivity index (χ3v) is 2.72. The van der Waals surface area contributed by atoms with Crippen molar-refractivity contribution in [1.29, 1.82) is 5.26 Å². The van der Waals surface area contributed by atoms with Crippen LogP contribution in [0, 0.1) is 11.3 Å². The molecule has 2 aromatic rings. The number of nitrogens with zero attached hydrogens (tertiary/aromatic N) is 3. The lowest BCUT2D eigenvalue weighted by Crippen LogP contribution is -2.28. The number of aliphatic hydroxyl groups excluding tert-OH is 1. The highest BCUT2D eigenvalue weighted by Crippen LogP contribution is 2.22. The lowest BCUT2D eigenvalue weighted by atomic mass is 10.1. The molecule has 0 radical (unpaired) electrons. The van der Waals surface area contributed by atoms with Crippen LogP contribution in [0.1, 0.15) is 12.5 Å². The van der Waals surface area contributed by atoms with Crippen molar-refractivity contribution in [2.45, 2.75) is 13.0 Å². The molecule has 0 spiro atoms. The van der Waals surface area contributed by atoms with Crippen LogP contribution in [-0.2, 0) is 0 Å². The Hall–Kier alpha value is -2.12. The molecule has 0 fully saturated rings. The van der Waals surface area contributed by atoms with E-state index in [0.717, 1.165) is 10.9 Å². The number of aliphatic hydroxyl groups is 1. The van der Waals surface area contributed by atoms with E-state index in [9.17, 15) is 10.4 Å². The largest absolute Gasteiger partial charge is 0.392 e. The van der Waals surface area contributed by atoms with Gasteiger partial charge in [0.25, 0.3) is 0 Å². The average molecular weight is 241 g/mol. The minimum Gasteiger partial charge on any atom is -0.392 e. The number of likely N-dealkylation sites (N-methyl/N-ethyl adjacent to an activating group) is 1. The highest BCUT2D eigenvalue weighted by atomic mass is 16.3. The number of benzene rings is 1. The monoisotopic (exact) mass is 241 g/mol. The second-order valence-electron chi connectivity index (χ2n) is 4.39. The van der Waals surface area contributed by atoms with E-state index < -0.39 is 6.10 Å². The molecule has 0 saturated heterocycles. The fraction of sp³-hybridized carbons (Fsp3) is 0.286. The Morgan fingerprint density at radius 3 is 2.83 bits per heavy atom. The van der Waals surface area contributed by atoms with Gasteiger partial charge in [-0.1, -0.05) is 18.2 Å². The van der Waals surface area contributed by atoms with Crippen molar-refractivity contribution in [3.63, 3.8) is 0 Å². The third kappa shape index (κ3) is 2.41. The molecule has 0 bridgehead atoms. The Bertz CT molecular complexity index is 602. The Morgan fingerprint density at radius 1 is 1.44 bits per heavy atom. The Labute approximate surface area is 106 Å². The van der Waals surface area contributed by atoms with E-state index in [2.05, 4.69) is 11.1 Å². The van der Waals surface area contributed by atoms with Crippen LogP contribution in [0.5, 0.6) is 0 Å². The van der Waals surface area contributed by atoms with E-state index in [-0.39, 0.29) is 0 Å². The molecule has 18 heavy (non-hydrogen) atoms. The van der Waals surface area contributed by atoms with Gasteiger partial charge in [-0.05, 0) is 19.1 Å². The van der Waals surface area contributed by atoms with Crippen molar-refractivity contribution in [3.05, 3.63) is 35.9 Å². The molecule has 0 aliphatic carbocycles. The van der Waals surface area contributed by atoms with Crippen molar-refractivity contribution in [2.24, 2.45) is 0 Å². The lowest BCUT2D eigenvalue weighted by molar-refractivity contribution is 0.201. The predicted molar refractivity (Wildman–Crippen MR) is 71.4 cm³/mol. The Balaban J connectivity index is 2.52. The van der Waals surface area contributed by atoms with E-state index in [0.29, 0.717) is 17.9 Å². The van der Waals surface area contributed by atoms with Crippen molar-refractivity contribution in [3.8, 4) is 6.07 Å². The first kappa shape index (κ1) is 12.3. The second-order valence-corrected chi connectivity index (χ2v) is 4.39. The molecule has 0 amide bonds. The van der Waals surface area contributed by atoms with Gasteiger partial charge < -0.3 is 10.0 Å². The average Bonchev–Trinajstić information content (AvgIpc) is 2.36. The molecule has 4 heteroatoms. The maximum absolute atomic E-state index is 9.41. The van der Waals surface area contributed by atoms with Crippen LogP contribution in [0.4, 0.5) is 5.82 Å². The van der Waals surface area contributed by atoms with Crippen molar-refractivity contribution in [1.82, 2.24) is 4.98 Å². The third-order valence-electron chi connectivity index (χ3n) is 2.72. The number of hydrogen-bond donors (Lipinski definition) is 1. The van der Waals surface area contributed by atoms with Crippen LogP contribution in [0.3, 0.4) is 0 Å². The maximum atomic E-state index is 9.41. The molecule has 0 aliphatic heterocycles. The molecule has 2 rings (SSSR count). The summed E-state index contributed by atoms with van der Waals surface area (Å²) >= 11 is 0. The first-order valence-corrected chi connectivity index (χ1v) is 5.81. The van der Waals surface area contributed by atoms with Gasteiger partial charge in [-0.25, -0.2) is 4.98 Å². The SMILES string of the molecule is CC(O)CN(C)c1nc2ccccc2cc1C#N. The van der Waals surface area contributed by atoms with Gasteiger partial charge >= 0.3 is 0 Å². The van der Waals surface area contributed by atoms with Gasteiger partial charge in [-0.3, -0.25) is 0 Å². The summed E-state index contributed by atoms with van der Waals surface area (Å²) in [6.07, 6.45) is -0.463. The predicted octanol–water partition coefficient (Wildman–Crippen LogP) is 1.92. The summed E-state index contributed by atoms with van der Waals surface area (Å²) in [5, 5.41) is 19.5. The topological polar surface area (TPSA) is 60.1 Å². The summed E-state index contributed by atoms with van der Waals surface area (Å²) in [7, 11) is 1.82. The summed E-state index contributed by atoms with van der Waals surface area (Å²) in [6.45, 7) is 2.16. The number of aromatic nitrogens is 1. The summed E-state index contributed by atoms with van der Waals surface area (Å²) in [4.78, 5) is 6.29. The summed E-state index contributed by atoms with van der Waals surface area (Å²) in [6, 6.07) is 11.7. The zero-order valence-electron chi connectivity index (χ0n) is 10.5. The van der Waals surface area contributed by atoms with Crippen LogP contribution in [0.2, 0.25) is 0 Å². The quantitative estimate of drug-likeness (QED) is 0.892. The molecule has 1 atom stereocenters. The van der Waals surface area contributed by atoms with Crippen LogP contribution in [0.15, 0.2) is 30.3 Å². The lowest BCUT2D eigenvalue weighted by Gasteiger charge is -2.21. The number of para-hydroxylation sites is 1. The number of anilines is 1. The normalized spacial score (nSPS) is 12.1. The van der Waals surface area contributed by atoms with Gasteiger partial charge in [0.15, 0.2) is 0 Å². The van der Waals surface area contributed by atoms with Crippen LogP contribution in [0.25, 0.3) is 10.9 Å². The number of pyridine rings is 1. The summed E-state index contributed by atoms with van der Waals surface area (Å²) in [5.41, 5.74) is 1.38. The van der Waals surface area contributed by atoms with Crippen LogP contribution in [-0.4, -0.2) is 29.8 Å². The smallest absolute Gasteiger partial charge is 0.147 e. The van der Waals surface area contributed by atoms with E-state index in [1.165, 1.54) is 0 Å². The minimum absolute atomic E-state index is 0.444. The molecule has 92 valence electrons. The van der Waals surface area contributed by atoms with Crippen molar-refractivity contribution in [2.75, 3.05) is 18.5 Å². The van der Waals surface area contributed by atoms with Gasteiger partial charge in [-0.2, -0.15) is 5.26 Å². The Morgan fingerprint density at radius 2 is 2.17 bits per heavy atom. The molecule has 1 aromatic carbocycles. The number of hydrogen-bond acceptors (Lipinski definition) is 4. The molecule has 1 N–H and O–H groups in total. The van der Waals surface area contributed by atoms with Gasteiger partial charge in [-0.15, -0.1) is 0 Å². The zero-order chi connectivity index (χ0) is 13.1. The second kappa shape index (κ2) is 5.03. The molecule has 1 aromatic heterocycles. The van der Waals surface area contributed by atoms with Gasteiger partial charge in [0.2, 0.25) is 0 Å². The fourth-order valence-electron chi connectivity index (χ4n) is 1.96. The molecular weight excluding hydrogens is 226 g/mol. The zero-order valence-corrected chi connectivity index (χ0v) is 10.5. The summed E-state index contributed by atoms with van der Waals surface area (Å²) < 4.78 is 0. The van der Waals surface area contributed by atoms with Crippen molar-refractivity contribution < 1.29 is 5.11 Å². The summed E-state index contributed by atoms with van der Waals surface area (Å²) in [5.74, 6) is 0.608. The standard InChI is InChI=1S/C14H15N3O/c1-10(18)9-17(2)14-12(8-15)7-11-5-3-4-6-13(11)16-14/h3-7,10,18H,9H2,1-2H3. The highest BCUT2D eigenvalue weighted by molar-refractivity contribution is 5.83. The maximum Gasteiger partial charge on any atom is 0.147 e. The molecule has 4 nitrogen and oxygen atoms in total. The van der Waals surface area contributed by atoms with E-state index in [1.807, 2.05) is 37.4 Å².